The predicted molar refractivity (Wildman–Crippen MR) is 133 cm³/mol. The molecule has 5 rings (SSSR count). The van der Waals surface area contributed by atoms with Gasteiger partial charge in [-0.15, -0.1) is 0 Å². The number of fused-ring (bicyclic) bond motifs is 2. The number of hydrogen-bond acceptors (Lipinski definition) is 8. The molecule has 0 fully saturated rings. The van der Waals surface area contributed by atoms with Crippen LogP contribution in [0.25, 0.3) is 22.3 Å². The smallest absolute Gasteiger partial charge is 0.490 e. The minimum absolute atomic E-state index is 0.0403. The van der Waals surface area contributed by atoms with Crippen LogP contribution < -0.4 is 10.5 Å². The fourth-order valence-corrected chi connectivity index (χ4v) is 3.88. The number of nitrogens with two attached hydrogens (primary N) is 1. The van der Waals surface area contributed by atoms with Crippen LogP contribution >= 0.6 is 0 Å². The van der Waals surface area contributed by atoms with Crippen LogP contribution in [0, 0.1) is 0 Å². The van der Waals surface area contributed by atoms with Crippen LogP contribution in [-0.4, -0.2) is 68.9 Å². The maximum absolute atomic E-state index is 12.4. The van der Waals surface area contributed by atoms with Gasteiger partial charge in [0.1, 0.15) is 11.6 Å². The van der Waals surface area contributed by atoms with E-state index in [1.165, 1.54) is 12.2 Å². The van der Waals surface area contributed by atoms with Crippen LogP contribution in [0.2, 0.25) is 0 Å². The molecule has 1 unspecified atom stereocenters. The van der Waals surface area contributed by atoms with Crippen LogP contribution in [-0.2, 0) is 16.1 Å². The molecule has 1 amide bonds. The molecule has 14 heteroatoms. The average Bonchev–Trinajstić information content (AvgIpc) is 3.35. The Balaban J connectivity index is 0.000000448. The molecule has 39 heavy (non-hydrogen) atoms. The lowest BCUT2D eigenvalue weighted by atomic mass is 9.94. The van der Waals surface area contributed by atoms with E-state index in [2.05, 4.69) is 15.0 Å². The zero-order valence-corrected chi connectivity index (χ0v) is 20.7. The summed E-state index contributed by atoms with van der Waals surface area (Å²) in [6.45, 7) is 0.507. The summed E-state index contributed by atoms with van der Waals surface area (Å²) < 4.78 is 37.7. The van der Waals surface area contributed by atoms with E-state index in [0.717, 1.165) is 39.4 Å². The highest BCUT2D eigenvalue weighted by Gasteiger charge is 2.38. The number of aromatic nitrogens is 4. The summed E-state index contributed by atoms with van der Waals surface area (Å²) in [4.78, 5) is 42.8. The van der Waals surface area contributed by atoms with Gasteiger partial charge in [0.15, 0.2) is 0 Å². The van der Waals surface area contributed by atoms with Gasteiger partial charge in [0.25, 0.3) is 5.91 Å². The fraction of sp³-hybridized carbons (Fsp3) is 0.240. The number of carboxylic acid groups (broad SMARTS) is 1. The number of carboxylic acids is 1. The summed E-state index contributed by atoms with van der Waals surface area (Å²) in [5, 5.41) is 8.32. The molecule has 11 nitrogen and oxygen atoms in total. The number of rotatable bonds is 4. The van der Waals surface area contributed by atoms with E-state index in [4.69, 9.17) is 30.2 Å². The molecule has 2 aromatic heterocycles. The Hall–Kier alpha value is -4.72. The van der Waals surface area contributed by atoms with Crippen molar-refractivity contribution in [1.82, 2.24) is 25.0 Å². The lowest BCUT2D eigenvalue weighted by Gasteiger charge is -2.24. The summed E-state index contributed by atoms with van der Waals surface area (Å²) in [6.07, 6.45) is -2.73. The zero-order chi connectivity index (χ0) is 28.3. The molecule has 1 aliphatic rings. The van der Waals surface area contributed by atoms with Crippen LogP contribution in [0.4, 0.5) is 19.1 Å². The minimum atomic E-state index is -5.08. The second-order valence-corrected chi connectivity index (χ2v) is 8.48. The van der Waals surface area contributed by atoms with Crippen molar-refractivity contribution in [3.05, 3.63) is 65.6 Å². The monoisotopic (exact) mass is 544 g/mol. The van der Waals surface area contributed by atoms with Crippen molar-refractivity contribution in [3.63, 3.8) is 0 Å². The number of amides is 1. The second-order valence-electron chi connectivity index (χ2n) is 8.48. The summed E-state index contributed by atoms with van der Waals surface area (Å²) in [6, 6.07) is 13.2. The number of alkyl halides is 3. The van der Waals surface area contributed by atoms with E-state index in [1.54, 1.807) is 19.3 Å². The number of benzene rings is 2. The predicted octanol–water partition coefficient (Wildman–Crippen LogP) is 3.59. The highest BCUT2D eigenvalue weighted by molar-refractivity contribution is 5.93. The van der Waals surface area contributed by atoms with E-state index in [0.29, 0.717) is 18.6 Å². The number of nitrogen functional groups attached to an aromatic ring is 1. The molecule has 0 saturated heterocycles. The van der Waals surface area contributed by atoms with Gasteiger partial charge in [0, 0.05) is 24.4 Å². The summed E-state index contributed by atoms with van der Waals surface area (Å²) in [7, 11) is 3.04. The molecule has 4 aromatic rings. The SMILES string of the molecule is CON(C)C(=O)c1ccc2c(c1)CC(c1nc3ccc(-c4ccnc(N)n4)cc3[nH]1)CO2.O=C(O)C(F)(F)F. The van der Waals surface area contributed by atoms with Gasteiger partial charge in [-0.2, -0.15) is 13.2 Å². The molecule has 1 atom stereocenters. The van der Waals surface area contributed by atoms with E-state index in [1.807, 2.05) is 36.4 Å². The number of aliphatic carboxylic acids is 1. The number of imidazole rings is 1. The Morgan fingerprint density at radius 3 is 2.59 bits per heavy atom. The van der Waals surface area contributed by atoms with Gasteiger partial charge >= 0.3 is 12.1 Å². The zero-order valence-electron chi connectivity index (χ0n) is 20.7. The summed E-state index contributed by atoms with van der Waals surface area (Å²) in [5.74, 6) is -1.06. The standard InChI is InChI=1S/C23H22N6O3.C2HF3O2/c1-29(31-2)22(30)14-4-6-20-15(9-14)10-16(12-32-20)21-26-18-5-3-13(11-19(18)27-21)17-7-8-25-23(24)28-17;3-2(4,5)1(6)7/h3-9,11,16H,10,12H2,1-2H3,(H,26,27)(H2,24,25,28);(H,6,7). The van der Waals surface area contributed by atoms with Gasteiger partial charge in [-0.25, -0.2) is 24.8 Å². The molecule has 0 bridgehead atoms. The molecular formula is C25H23F3N6O5. The summed E-state index contributed by atoms with van der Waals surface area (Å²) in [5.41, 5.74) is 10.7. The van der Waals surface area contributed by atoms with Crippen LogP contribution in [0.15, 0.2) is 48.7 Å². The van der Waals surface area contributed by atoms with Gasteiger partial charge in [0.05, 0.1) is 36.4 Å². The Labute approximate surface area is 219 Å². The number of carbonyl (C=O) groups is 2. The third kappa shape index (κ3) is 6.23. The molecule has 0 radical (unpaired) electrons. The Bertz CT molecular complexity index is 1520. The Morgan fingerprint density at radius 2 is 1.92 bits per heavy atom. The molecule has 2 aromatic carbocycles. The lowest BCUT2D eigenvalue weighted by Crippen LogP contribution is -2.26. The van der Waals surface area contributed by atoms with Crippen molar-refractivity contribution < 1.29 is 37.4 Å². The van der Waals surface area contributed by atoms with Crippen molar-refractivity contribution in [3.8, 4) is 17.0 Å². The first-order valence-corrected chi connectivity index (χ1v) is 11.4. The lowest BCUT2D eigenvalue weighted by molar-refractivity contribution is -0.192. The molecule has 4 N–H and O–H groups in total. The van der Waals surface area contributed by atoms with Crippen molar-refractivity contribution in [2.24, 2.45) is 0 Å². The van der Waals surface area contributed by atoms with Crippen molar-refractivity contribution in [1.29, 1.82) is 0 Å². The molecule has 0 spiro atoms. The Kier molecular flexibility index (Phi) is 7.67. The van der Waals surface area contributed by atoms with Gasteiger partial charge < -0.3 is 20.6 Å². The van der Waals surface area contributed by atoms with Gasteiger partial charge in [-0.3, -0.25) is 9.63 Å². The molecule has 3 heterocycles. The van der Waals surface area contributed by atoms with Gasteiger partial charge in [0.2, 0.25) is 5.95 Å². The first kappa shape index (κ1) is 27.3. The number of hydroxylamine groups is 2. The number of nitrogens with zero attached hydrogens (tertiary/aromatic N) is 4. The number of H-pyrrole nitrogens is 1. The molecule has 204 valence electrons. The average molecular weight is 544 g/mol. The van der Waals surface area contributed by atoms with Crippen molar-refractivity contribution in [2.75, 3.05) is 26.5 Å². The number of aromatic amines is 1. The molecular weight excluding hydrogens is 521 g/mol. The van der Waals surface area contributed by atoms with E-state index < -0.39 is 12.1 Å². The minimum Gasteiger partial charge on any atom is -0.493 e. The van der Waals surface area contributed by atoms with Crippen LogP contribution in [0.3, 0.4) is 0 Å². The van der Waals surface area contributed by atoms with Crippen LogP contribution in [0.1, 0.15) is 27.7 Å². The first-order chi connectivity index (χ1) is 18.5. The first-order valence-electron chi connectivity index (χ1n) is 11.4. The highest BCUT2D eigenvalue weighted by Crippen LogP contribution is 2.33. The maximum Gasteiger partial charge on any atom is 0.490 e. The number of nitrogens with one attached hydrogen (secondary N) is 1. The maximum atomic E-state index is 12.4. The van der Waals surface area contributed by atoms with E-state index >= 15 is 0 Å². The largest absolute Gasteiger partial charge is 0.493 e. The van der Waals surface area contributed by atoms with Crippen molar-refractivity contribution >= 4 is 28.9 Å². The number of carbonyl (C=O) groups excluding carboxylic acids is 1. The highest BCUT2D eigenvalue weighted by atomic mass is 19.4. The van der Waals surface area contributed by atoms with Gasteiger partial charge in [-0.05, 0) is 48.4 Å². The normalized spacial score (nSPS) is 14.5. The van der Waals surface area contributed by atoms with Gasteiger partial charge in [-0.1, -0.05) is 6.07 Å². The third-order valence-corrected chi connectivity index (χ3v) is 5.87. The third-order valence-electron chi connectivity index (χ3n) is 5.87. The fourth-order valence-electron chi connectivity index (χ4n) is 3.88. The van der Waals surface area contributed by atoms with E-state index in [-0.39, 0.29) is 17.8 Å². The summed E-state index contributed by atoms with van der Waals surface area (Å²) >= 11 is 0. The number of hydrogen-bond donors (Lipinski definition) is 3. The van der Waals surface area contributed by atoms with E-state index in [9.17, 15) is 18.0 Å². The number of anilines is 1. The topological polar surface area (TPSA) is 157 Å². The quantitative estimate of drug-likeness (QED) is 0.327. The molecule has 0 aliphatic carbocycles. The Morgan fingerprint density at radius 1 is 1.18 bits per heavy atom. The van der Waals surface area contributed by atoms with Crippen LogP contribution in [0.5, 0.6) is 5.75 Å². The number of ether oxygens (including phenoxy) is 1. The van der Waals surface area contributed by atoms with Crippen molar-refractivity contribution in [2.45, 2.75) is 18.5 Å². The number of halogens is 3. The molecule has 1 aliphatic heterocycles. The second kappa shape index (κ2) is 10.9. The molecule has 0 saturated carbocycles.